The highest BCUT2D eigenvalue weighted by Gasteiger charge is 2.16. The Bertz CT molecular complexity index is 693. The minimum absolute atomic E-state index is 0.162. The molecule has 0 spiro atoms. The molecule has 2 heterocycles. The quantitative estimate of drug-likeness (QED) is 0.588. The number of benzene rings is 1. The Hall–Kier alpha value is -2.83. The number of aromatic amines is 1. The summed E-state index contributed by atoms with van der Waals surface area (Å²) in [5.74, 6) is -0.600. The van der Waals surface area contributed by atoms with Gasteiger partial charge in [0.15, 0.2) is 5.69 Å². The van der Waals surface area contributed by atoms with Gasteiger partial charge in [0.2, 0.25) is 0 Å². The number of fused-ring (bicyclic) bond motifs is 1. The molecule has 7 heteroatoms. The number of H-pyrrole nitrogens is 1. The number of rotatable bonds is 3. The maximum atomic E-state index is 12.0. The van der Waals surface area contributed by atoms with Crippen LogP contribution in [0.2, 0.25) is 0 Å². The zero-order chi connectivity index (χ0) is 14.1. The van der Waals surface area contributed by atoms with E-state index in [-0.39, 0.29) is 11.5 Å². The van der Waals surface area contributed by atoms with Gasteiger partial charge in [0.1, 0.15) is 0 Å². The molecule has 102 valence electrons. The van der Waals surface area contributed by atoms with E-state index in [1.165, 1.54) is 12.1 Å². The molecule has 1 aliphatic heterocycles. The Kier molecular flexibility index (Phi) is 2.86. The molecular formula is C13H12N4O3. The van der Waals surface area contributed by atoms with E-state index in [1.54, 1.807) is 6.07 Å². The summed E-state index contributed by atoms with van der Waals surface area (Å²) in [5.41, 5.74) is 3.07. The summed E-state index contributed by atoms with van der Waals surface area (Å²) in [6, 6.07) is 8.27. The van der Waals surface area contributed by atoms with Crippen molar-refractivity contribution < 1.29 is 9.72 Å². The van der Waals surface area contributed by atoms with Crippen LogP contribution in [0.25, 0.3) is 0 Å². The van der Waals surface area contributed by atoms with Gasteiger partial charge in [0.25, 0.3) is 5.91 Å². The predicted molar refractivity (Wildman–Crippen MR) is 74.0 cm³/mol. The van der Waals surface area contributed by atoms with Crippen LogP contribution in [0.4, 0.5) is 17.2 Å². The molecule has 3 rings (SSSR count). The number of aromatic nitrogens is 1. The molecule has 0 unspecified atom stereocenters. The normalized spacial score (nSPS) is 12.6. The van der Waals surface area contributed by atoms with E-state index in [1.807, 2.05) is 12.1 Å². The van der Waals surface area contributed by atoms with Gasteiger partial charge in [-0.25, -0.2) is 4.98 Å². The number of carbonyl (C=O) groups excluding carboxylic acids is 1. The summed E-state index contributed by atoms with van der Waals surface area (Å²) in [7, 11) is 0. The second-order valence-corrected chi connectivity index (χ2v) is 4.52. The highest BCUT2D eigenvalue weighted by Crippen LogP contribution is 2.25. The third-order valence-corrected chi connectivity index (χ3v) is 3.18. The van der Waals surface area contributed by atoms with Crippen LogP contribution >= 0.6 is 0 Å². The Morgan fingerprint density at radius 1 is 1.30 bits per heavy atom. The number of nitrogens with zero attached hydrogens (tertiary/aromatic N) is 1. The maximum absolute atomic E-state index is 12.0. The first kappa shape index (κ1) is 12.2. The van der Waals surface area contributed by atoms with Gasteiger partial charge < -0.3 is 20.7 Å². The van der Waals surface area contributed by atoms with E-state index >= 15 is 0 Å². The van der Waals surface area contributed by atoms with Crippen molar-refractivity contribution in [1.82, 2.24) is 4.98 Å². The monoisotopic (exact) mass is 272 g/mol. The van der Waals surface area contributed by atoms with E-state index in [0.29, 0.717) is 5.69 Å². The molecule has 0 atom stereocenters. The smallest absolute Gasteiger partial charge is 0.321 e. The number of nitro groups is 1. The van der Waals surface area contributed by atoms with Crippen molar-refractivity contribution in [2.24, 2.45) is 0 Å². The van der Waals surface area contributed by atoms with Gasteiger partial charge in [0.05, 0.1) is 0 Å². The molecule has 0 bridgehead atoms. The SMILES string of the molecule is O=C(Nc1ccc2c(c1)CCN2)c1ccc([N+](=O)[O-])[nH]1. The van der Waals surface area contributed by atoms with Crippen LogP contribution in [0.15, 0.2) is 30.3 Å². The minimum atomic E-state index is -0.572. The van der Waals surface area contributed by atoms with E-state index < -0.39 is 10.8 Å². The number of hydrogen-bond donors (Lipinski definition) is 3. The molecule has 7 nitrogen and oxygen atoms in total. The molecule has 0 saturated carbocycles. The largest absolute Gasteiger partial charge is 0.384 e. The second-order valence-electron chi connectivity index (χ2n) is 4.52. The van der Waals surface area contributed by atoms with Gasteiger partial charge in [-0.3, -0.25) is 4.79 Å². The van der Waals surface area contributed by atoms with Crippen molar-refractivity contribution in [3.05, 3.63) is 51.7 Å². The van der Waals surface area contributed by atoms with Gasteiger partial charge in [-0.15, -0.1) is 0 Å². The molecule has 0 saturated heterocycles. The molecule has 0 radical (unpaired) electrons. The molecule has 1 amide bonds. The van der Waals surface area contributed by atoms with E-state index in [0.717, 1.165) is 24.2 Å². The second kappa shape index (κ2) is 4.69. The number of nitrogens with one attached hydrogen (secondary N) is 3. The Balaban J connectivity index is 1.76. The molecular weight excluding hydrogens is 260 g/mol. The van der Waals surface area contributed by atoms with Crippen molar-refractivity contribution in [3.63, 3.8) is 0 Å². The van der Waals surface area contributed by atoms with Gasteiger partial charge in [-0.05, 0) is 41.2 Å². The molecule has 1 aromatic heterocycles. The fourth-order valence-corrected chi connectivity index (χ4v) is 2.20. The standard InChI is InChI=1S/C13H12N4O3/c18-13(11-3-4-12(16-11)17(19)20)15-9-1-2-10-8(7-9)5-6-14-10/h1-4,7,14,16H,5-6H2,(H,15,18). The number of carbonyl (C=O) groups is 1. The first-order valence-corrected chi connectivity index (χ1v) is 6.15. The fraction of sp³-hybridized carbons (Fsp3) is 0.154. The molecule has 1 aliphatic rings. The predicted octanol–water partition coefficient (Wildman–Crippen LogP) is 2.14. The lowest BCUT2D eigenvalue weighted by Crippen LogP contribution is -2.12. The molecule has 3 N–H and O–H groups in total. The Morgan fingerprint density at radius 2 is 2.15 bits per heavy atom. The summed E-state index contributed by atoms with van der Waals surface area (Å²) >= 11 is 0. The highest BCUT2D eigenvalue weighted by molar-refractivity contribution is 6.03. The van der Waals surface area contributed by atoms with Gasteiger partial charge in [0, 0.05) is 24.0 Å². The van der Waals surface area contributed by atoms with Crippen LogP contribution in [-0.2, 0) is 6.42 Å². The number of amides is 1. The van der Waals surface area contributed by atoms with Crippen LogP contribution in [0, 0.1) is 10.1 Å². The zero-order valence-corrected chi connectivity index (χ0v) is 10.5. The molecule has 1 aromatic carbocycles. The van der Waals surface area contributed by atoms with Crippen LogP contribution in [0.1, 0.15) is 16.1 Å². The average Bonchev–Trinajstić information content (AvgIpc) is 3.07. The van der Waals surface area contributed by atoms with Gasteiger partial charge >= 0.3 is 5.82 Å². The van der Waals surface area contributed by atoms with Crippen LogP contribution in [-0.4, -0.2) is 22.4 Å². The van der Waals surface area contributed by atoms with E-state index in [4.69, 9.17) is 0 Å². The molecule has 0 aliphatic carbocycles. The van der Waals surface area contributed by atoms with Crippen LogP contribution < -0.4 is 10.6 Å². The summed E-state index contributed by atoms with van der Waals surface area (Å²) in [4.78, 5) is 24.4. The van der Waals surface area contributed by atoms with Crippen molar-refractivity contribution in [2.45, 2.75) is 6.42 Å². The van der Waals surface area contributed by atoms with E-state index in [2.05, 4.69) is 15.6 Å². The minimum Gasteiger partial charge on any atom is -0.384 e. The van der Waals surface area contributed by atoms with Crippen molar-refractivity contribution in [2.75, 3.05) is 17.2 Å². The van der Waals surface area contributed by atoms with Crippen molar-refractivity contribution >= 4 is 23.1 Å². The number of hydrogen-bond acceptors (Lipinski definition) is 4. The molecule has 2 aromatic rings. The summed E-state index contributed by atoms with van der Waals surface area (Å²) in [6.07, 6.45) is 0.924. The first-order chi connectivity index (χ1) is 9.63. The zero-order valence-electron chi connectivity index (χ0n) is 10.5. The lowest BCUT2D eigenvalue weighted by Gasteiger charge is -2.05. The van der Waals surface area contributed by atoms with Crippen LogP contribution in [0.3, 0.4) is 0 Å². The molecule has 20 heavy (non-hydrogen) atoms. The highest BCUT2D eigenvalue weighted by atomic mass is 16.6. The summed E-state index contributed by atoms with van der Waals surface area (Å²) < 4.78 is 0. The lowest BCUT2D eigenvalue weighted by atomic mass is 10.1. The fourth-order valence-electron chi connectivity index (χ4n) is 2.20. The topological polar surface area (TPSA) is 100 Å². The summed E-state index contributed by atoms with van der Waals surface area (Å²) in [5, 5.41) is 16.5. The van der Waals surface area contributed by atoms with Crippen molar-refractivity contribution in [1.29, 1.82) is 0 Å². The average molecular weight is 272 g/mol. The Labute approximate surface area is 114 Å². The number of anilines is 2. The van der Waals surface area contributed by atoms with E-state index in [9.17, 15) is 14.9 Å². The van der Waals surface area contributed by atoms with Gasteiger partial charge in [-0.1, -0.05) is 0 Å². The van der Waals surface area contributed by atoms with Gasteiger partial charge in [-0.2, -0.15) is 0 Å². The first-order valence-electron chi connectivity index (χ1n) is 6.15. The lowest BCUT2D eigenvalue weighted by molar-refractivity contribution is -0.389. The third kappa shape index (κ3) is 2.20. The van der Waals surface area contributed by atoms with Crippen molar-refractivity contribution in [3.8, 4) is 0 Å². The third-order valence-electron chi connectivity index (χ3n) is 3.18. The molecule has 0 fully saturated rings. The van der Waals surface area contributed by atoms with Crippen LogP contribution in [0.5, 0.6) is 0 Å². The summed E-state index contributed by atoms with van der Waals surface area (Å²) in [6.45, 7) is 0.898. The maximum Gasteiger partial charge on any atom is 0.321 e. The Morgan fingerprint density at radius 3 is 2.90 bits per heavy atom.